The summed E-state index contributed by atoms with van der Waals surface area (Å²) >= 11 is 0. The number of pyridine rings is 1. The zero-order valence-electron chi connectivity index (χ0n) is 19.5. The van der Waals surface area contributed by atoms with Crippen LogP contribution < -0.4 is 10.1 Å². The first-order valence-electron chi connectivity index (χ1n) is 10.8. The maximum atomic E-state index is 12.1. The lowest BCUT2D eigenvalue weighted by Gasteiger charge is -2.09. The monoisotopic (exact) mass is 469 g/mol. The molecule has 0 aliphatic rings. The number of hydrogen-bond acceptors (Lipinski definition) is 8. The number of rotatable bonds is 7. The van der Waals surface area contributed by atoms with E-state index >= 15 is 0 Å². The fourth-order valence-electron chi connectivity index (χ4n) is 3.85. The van der Waals surface area contributed by atoms with Gasteiger partial charge in [0, 0.05) is 37.5 Å². The first-order chi connectivity index (χ1) is 17.1. The minimum Gasteiger partial charge on any atom is -0.497 e. The molecule has 35 heavy (non-hydrogen) atoms. The third kappa shape index (κ3) is 4.29. The first-order valence-corrected chi connectivity index (χ1v) is 10.8. The van der Waals surface area contributed by atoms with Crippen molar-refractivity contribution in [1.82, 2.24) is 29.1 Å². The van der Waals surface area contributed by atoms with Crippen LogP contribution in [0.25, 0.3) is 28.2 Å². The quantitative estimate of drug-likeness (QED) is 0.360. The maximum Gasteiger partial charge on any atom is 0.356 e. The second-order valence-corrected chi connectivity index (χ2v) is 7.80. The molecule has 0 radical (unpaired) electrons. The number of carbonyl (C=O) groups is 1. The van der Waals surface area contributed by atoms with Crippen LogP contribution in [0, 0.1) is 0 Å². The summed E-state index contributed by atoms with van der Waals surface area (Å²) in [6.07, 6.45) is 6.88. The molecule has 4 aromatic heterocycles. The molecule has 176 valence electrons. The lowest BCUT2D eigenvalue weighted by Crippen LogP contribution is -2.09. The van der Waals surface area contributed by atoms with Gasteiger partial charge in [0.15, 0.2) is 5.69 Å². The molecule has 0 amide bonds. The van der Waals surface area contributed by atoms with E-state index in [0.29, 0.717) is 18.1 Å². The van der Waals surface area contributed by atoms with Gasteiger partial charge in [-0.3, -0.25) is 9.08 Å². The second kappa shape index (κ2) is 9.26. The summed E-state index contributed by atoms with van der Waals surface area (Å²) in [7, 11) is 4.71. The van der Waals surface area contributed by atoms with Gasteiger partial charge in [0.1, 0.15) is 23.5 Å². The van der Waals surface area contributed by atoms with Crippen LogP contribution in [0.5, 0.6) is 5.75 Å². The molecule has 0 saturated carbocycles. The summed E-state index contributed by atoms with van der Waals surface area (Å²) in [5.74, 6) is 1.02. The predicted octanol–water partition coefficient (Wildman–Crippen LogP) is 3.60. The Labute approximate surface area is 201 Å². The molecule has 0 bridgehead atoms. The number of imidazole rings is 1. The third-order valence-corrected chi connectivity index (χ3v) is 5.71. The van der Waals surface area contributed by atoms with E-state index in [4.69, 9.17) is 9.47 Å². The van der Waals surface area contributed by atoms with Crippen molar-refractivity contribution in [2.45, 2.75) is 6.54 Å². The number of nitrogens with zero attached hydrogens (tertiary/aromatic N) is 6. The van der Waals surface area contributed by atoms with Crippen LogP contribution in [-0.2, 0) is 18.3 Å². The Kier molecular flexibility index (Phi) is 5.84. The van der Waals surface area contributed by atoms with Gasteiger partial charge in [-0.25, -0.2) is 19.7 Å². The molecule has 4 heterocycles. The van der Waals surface area contributed by atoms with E-state index in [2.05, 4.69) is 25.4 Å². The van der Waals surface area contributed by atoms with E-state index in [0.717, 1.165) is 39.5 Å². The lowest BCUT2D eigenvalue weighted by atomic mass is 10.0. The van der Waals surface area contributed by atoms with Crippen molar-refractivity contribution in [3.8, 4) is 28.3 Å². The Morgan fingerprint density at radius 2 is 1.86 bits per heavy atom. The van der Waals surface area contributed by atoms with Crippen LogP contribution in [0.2, 0.25) is 0 Å². The van der Waals surface area contributed by atoms with Gasteiger partial charge in [0.2, 0.25) is 0 Å². The number of aromatic nitrogens is 6. The minimum atomic E-state index is -0.421. The first kappa shape index (κ1) is 22.1. The van der Waals surface area contributed by atoms with Crippen LogP contribution in [0.1, 0.15) is 16.1 Å². The fourth-order valence-corrected chi connectivity index (χ4v) is 3.85. The van der Waals surface area contributed by atoms with Crippen molar-refractivity contribution in [3.63, 3.8) is 0 Å². The molecule has 0 spiro atoms. The normalized spacial score (nSPS) is 10.9. The molecule has 0 fully saturated rings. The molecule has 5 rings (SSSR count). The van der Waals surface area contributed by atoms with E-state index < -0.39 is 5.97 Å². The number of benzene rings is 1. The Balaban J connectivity index is 1.32. The van der Waals surface area contributed by atoms with Crippen molar-refractivity contribution < 1.29 is 14.3 Å². The minimum absolute atomic E-state index is 0.415. The number of carbonyl (C=O) groups excluding carboxylic acids is 1. The number of ether oxygens (including phenoxy) is 2. The van der Waals surface area contributed by atoms with Crippen molar-refractivity contribution in [2.24, 2.45) is 7.05 Å². The topological polar surface area (TPSA) is 108 Å². The van der Waals surface area contributed by atoms with E-state index in [9.17, 15) is 4.79 Å². The number of aryl methyl sites for hydroxylation is 1. The van der Waals surface area contributed by atoms with Gasteiger partial charge in [0.25, 0.3) is 0 Å². The molecule has 10 nitrogen and oxygen atoms in total. The number of hydrogen-bond donors (Lipinski definition) is 1. The highest BCUT2D eigenvalue weighted by molar-refractivity contribution is 5.95. The summed E-state index contributed by atoms with van der Waals surface area (Å²) in [6, 6.07) is 13.5. The number of fused-ring (bicyclic) bond motifs is 1. The zero-order valence-corrected chi connectivity index (χ0v) is 19.5. The van der Waals surface area contributed by atoms with Crippen LogP contribution in [0.4, 0.5) is 5.82 Å². The molecule has 10 heteroatoms. The number of anilines is 1. The largest absolute Gasteiger partial charge is 0.497 e. The molecular formula is C25H23N7O3. The number of nitrogens with one attached hydrogen (secondary N) is 1. The molecular weight excluding hydrogens is 446 g/mol. The highest BCUT2D eigenvalue weighted by atomic mass is 16.5. The number of methoxy groups -OCH3 is 2. The highest BCUT2D eigenvalue weighted by Crippen LogP contribution is 2.25. The molecule has 1 N–H and O–H groups in total. The van der Waals surface area contributed by atoms with E-state index in [1.165, 1.54) is 18.1 Å². The van der Waals surface area contributed by atoms with Crippen LogP contribution in [0.15, 0.2) is 67.4 Å². The van der Waals surface area contributed by atoms with Gasteiger partial charge in [-0.05, 0) is 17.2 Å². The average molecular weight is 470 g/mol. The second-order valence-electron chi connectivity index (χ2n) is 7.80. The van der Waals surface area contributed by atoms with Crippen molar-refractivity contribution in [2.75, 3.05) is 19.5 Å². The summed E-state index contributed by atoms with van der Waals surface area (Å²) in [4.78, 5) is 25.3. The third-order valence-electron chi connectivity index (χ3n) is 5.71. The Bertz CT molecular complexity index is 1510. The van der Waals surface area contributed by atoms with Crippen LogP contribution in [-0.4, -0.2) is 49.3 Å². The van der Waals surface area contributed by atoms with Gasteiger partial charge in [-0.1, -0.05) is 24.3 Å². The molecule has 0 aliphatic heterocycles. The summed E-state index contributed by atoms with van der Waals surface area (Å²) in [6.45, 7) is 0.567. The number of esters is 1. The van der Waals surface area contributed by atoms with Crippen molar-refractivity contribution >= 4 is 17.4 Å². The predicted molar refractivity (Wildman–Crippen MR) is 130 cm³/mol. The Morgan fingerprint density at radius 3 is 2.63 bits per heavy atom. The molecule has 0 saturated heterocycles. The lowest BCUT2D eigenvalue weighted by molar-refractivity contribution is 0.0589. The molecule has 1 aromatic carbocycles. The SMILES string of the molecule is COC(=O)c1c(-c2ccc(CNc3cc(-c4cnc5cc(OC)ccn45)ncn3)cc2)cnn1C. The zero-order chi connectivity index (χ0) is 24.4. The standard InChI is InChI=1S/C25H23N7O3/c1-31-24(25(33)35-3)19(13-30-31)17-6-4-16(5-7-17)12-26-22-11-20(28-15-29-22)21-14-27-23-10-18(34-2)8-9-32(21)23/h4-11,13-15H,12H2,1-3H3,(H,26,28,29). The van der Waals surface area contributed by atoms with Crippen LogP contribution in [0.3, 0.4) is 0 Å². The van der Waals surface area contributed by atoms with E-state index in [1.807, 2.05) is 53.1 Å². The van der Waals surface area contributed by atoms with Gasteiger partial charge in [-0.15, -0.1) is 0 Å². The van der Waals surface area contributed by atoms with Gasteiger partial charge in [-0.2, -0.15) is 5.10 Å². The fraction of sp³-hybridized carbons (Fsp3) is 0.160. The van der Waals surface area contributed by atoms with Gasteiger partial charge in [0.05, 0.1) is 38.0 Å². The molecule has 0 unspecified atom stereocenters. The summed E-state index contributed by atoms with van der Waals surface area (Å²) in [5.41, 5.74) is 5.46. The molecule has 0 atom stereocenters. The average Bonchev–Trinajstić information content (AvgIpc) is 3.50. The van der Waals surface area contributed by atoms with Crippen molar-refractivity contribution in [3.05, 3.63) is 78.6 Å². The van der Waals surface area contributed by atoms with Crippen LogP contribution >= 0.6 is 0 Å². The Hall–Kier alpha value is -4.73. The van der Waals surface area contributed by atoms with Gasteiger partial charge < -0.3 is 14.8 Å². The van der Waals surface area contributed by atoms with E-state index in [-0.39, 0.29) is 0 Å². The maximum absolute atomic E-state index is 12.1. The summed E-state index contributed by atoms with van der Waals surface area (Å²) in [5, 5.41) is 7.53. The summed E-state index contributed by atoms with van der Waals surface area (Å²) < 4.78 is 13.6. The molecule has 0 aliphatic carbocycles. The van der Waals surface area contributed by atoms with Gasteiger partial charge >= 0.3 is 5.97 Å². The molecule has 5 aromatic rings. The smallest absolute Gasteiger partial charge is 0.356 e. The highest BCUT2D eigenvalue weighted by Gasteiger charge is 2.18. The van der Waals surface area contributed by atoms with E-state index in [1.54, 1.807) is 26.6 Å². The van der Waals surface area contributed by atoms with Crippen molar-refractivity contribution in [1.29, 1.82) is 0 Å². The Morgan fingerprint density at radius 1 is 1.03 bits per heavy atom.